The number of halogens is 1. The molecule has 0 atom stereocenters. The molecule has 2 aromatic carbocycles. The molecule has 0 saturated carbocycles. The fraction of sp³-hybridized carbons (Fsp3) is 0.222. The van der Waals surface area contributed by atoms with Crippen molar-refractivity contribution in [1.82, 2.24) is 4.98 Å². The number of benzene rings is 2. The summed E-state index contributed by atoms with van der Waals surface area (Å²) in [6.45, 7) is 0.765. The monoisotopic (exact) mass is 402 g/mol. The molecule has 0 saturated heterocycles. The lowest BCUT2D eigenvalue weighted by molar-refractivity contribution is -0.116. The van der Waals surface area contributed by atoms with Crippen molar-refractivity contribution in [3.05, 3.63) is 52.5 Å². The van der Waals surface area contributed by atoms with Gasteiger partial charge in [-0.15, -0.1) is 0 Å². The van der Waals surface area contributed by atoms with Crippen molar-refractivity contribution in [1.29, 1.82) is 0 Å². The molecule has 122 valence electrons. The Labute approximate surface area is 152 Å². The fourth-order valence-electron chi connectivity index (χ4n) is 2.94. The number of hydrogen-bond acceptors (Lipinski definition) is 4. The maximum Gasteiger partial charge on any atom is 0.257 e. The van der Waals surface area contributed by atoms with E-state index in [1.165, 1.54) is 17.3 Å². The Hall–Kier alpha value is -1.79. The van der Waals surface area contributed by atoms with Crippen LogP contribution in [-0.2, 0) is 11.2 Å². The van der Waals surface area contributed by atoms with Gasteiger partial charge >= 0.3 is 0 Å². The average molecular weight is 403 g/mol. The van der Waals surface area contributed by atoms with E-state index >= 15 is 0 Å². The van der Waals surface area contributed by atoms with Crippen molar-refractivity contribution in [2.24, 2.45) is 0 Å². The molecule has 0 aliphatic carbocycles. The maximum absolute atomic E-state index is 12.7. The van der Waals surface area contributed by atoms with Crippen LogP contribution < -0.4 is 4.90 Å². The molecule has 4 nitrogen and oxygen atoms in total. The Morgan fingerprint density at radius 1 is 1.29 bits per heavy atom. The number of rotatable bonds is 3. The number of aromatic nitrogens is 1. The molecule has 1 amide bonds. The lowest BCUT2D eigenvalue weighted by atomic mass is 10.0. The number of oxazole rings is 1. The maximum atomic E-state index is 12.7. The predicted molar refractivity (Wildman–Crippen MR) is 99.5 cm³/mol. The number of carbonyl (C=O) groups is 1. The summed E-state index contributed by atoms with van der Waals surface area (Å²) in [6, 6.07) is 13.7. The molecule has 0 fully saturated rings. The first-order chi connectivity index (χ1) is 11.7. The first-order valence-electron chi connectivity index (χ1n) is 7.78. The van der Waals surface area contributed by atoms with E-state index in [9.17, 15) is 4.79 Å². The van der Waals surface area contributed by atoms with Crippen LogP contribution in [0.25, 0.3) is 11.1 Å². The Bertz CT molecular complexity index is 876. The largest absolute Gasteiger partial charge is 0.431 e. The third-order valence-corrected chi connectivity index (χ3v) is 5.36. The Morgan fingerprint density at radius 2 is 2.17 bits per heavy atom. The minimum Gasteiger partial charge on any atom is -0.431 e. The highest BCUT2D eigenvalue weighted by Gasteiger charge is 2.23. The van der Waals surface area contributed by atoms with Gasteiger partial charge < -0.3 is 9.32 Å². The van der Waals surface area contributed by atoms with Crippen molar-refractivity contribution >= 4 is 50.4 Å². The van der Waals surface area contributed by atoms with Gasteiger partial charge in [0.05, 0.1) is 5.75 Å². The van der Waals surface area contributed by atoms with Crippen molar-refractivity contribution in [3.63, 3.8) is 0 Å². The lowest BCUT2D eigenvalue weighted by Gasteiger charge is -2.29. The molecule has 6 heteroatoms. The van der Waals surface area contributed by atoms with Crippen LogP contribution in [0.4, 0.5) is 5.69 Å². The molecular formula is C18H15BrN2O2S. The number of fused-ring (bicyclic) bond motifs is 2. The van der Waals surface area contributed by atoms with Gasteiger partial charge in [0.25, 0.3) is 5.22 Å². The van der Waals surface area contributed by atoms with Crippen LogP contribution in [0.15, 0.2) is 56.6 Å². The van der Waals surface area contributed by atoms with E-state index in [0.29, 0.717) is 11.0 Å². The normalized spacial score (nSPS) is 14.0. The van der Waals surface area contributed by atoms with Crippen molar-refractivity contribution in [2.75, 3.05) is 17.2 Å². The quantitative estimate of drug-likeness (QED) is 0.597. The number of anilines is 1. The molecule has 0 spiro atoms. The van der Waals surface area contributed by atoms with E-state index in [4.69, 9.17) is 4.42 Å². The van der Waals surface area contributed by atoms with Gasteiger partial charge in [0, 0.05) is 16.7 Å². The molecule has 0 bridgehead atoms. The zero-order valence-electron chi connectivity index (χ0n) is 12.9. The zero-order valence-corrected chi connectivity index (χ0v) is 15.3. The number of carbonyl (C=O) groups excluding carboxylic acids is 1. The van der Waals surface area contributed by atoms with E-state index in [-0.39, 0.29) is 5.91 Å². The van der Waals surface area contributed by atoms with Crippen molar-refractivity contribution in [2.45, 2.75) is 18.1 Å². The van der Waals surface area contributed by atoms with Gasteiger partial charge in [-0.2, -0.15) is 0 Å². The minimum atomic E-state index is 0.0885. The summed E-state index contributed by atoms with van der Waals surface area (Å²) in [5.41, 5.74) is 3.81. The van der Waals surface area contributed by atoms with E-state index < -0.39 is 0 Å². The molecule has 0 radical (unpaired) electrons. The smallest absolute Gasteiger partial charge is 0.257 e. The van der Waals surface area contributed by atoms with Gasteiger partial charge in [-0.1, -0.05) is 39.8 Å². The third-order valence-electron chi connectivity index (χ3n) is 4.05. The first-order valence-corrected chi connectivity index (χ1v) is 9.56. The van der Waals surface area contributed by atoms with Crippen LogP contribution >= 0.6 is 27.7 Å². The van der Waals surface area contributed by atoms with E-state index in [1.54, 1.807) is 0 Å². The van der Waals surface area contributed by atoms with E-state index in [2.05, 4.69) is 27.0 Å². The molecular weight excluding hydrogens is 388 g/mol. The van der Waals surface area contributed by atoms with Gasteiger partial charge in [0.1, 0.15) is 5.52 Å². The summed E-state index contributed by atoms with van der Waals surface area (Å²) < 4.78 is 6.72. The summed E-state index contributed by atoms with van der Waals surface area (Å²) in [4.78, 5) is 18.9. The Kier molecular flexibility index (Phi) is 4.33. The van der Waals surface area contributed by atoms with E-state index in [1.807, 2.05) is 41.3 Å². The second kappa shape index (κ2) is 6.61. The standard InChI is InChI=1S/C18H15BrN2O2S/c19-13-7-8-15-12(10-13)4-3-9-21(15)17(22)11-24-18-20-14-5-1-2-6-16(14)23-18/h1-2,5-8,10H,3-4,9,11H2. The highest BCUT2D eigenvalue weighted by atomic mass is 79.9. The Balaban J connectivity index is 1.49. The number of para-hydroxylation sites is 2. The summed E-state index contributed by atoms with van der Waals surface area (Å²) in [6.07, 6.45) is 2.00. The minimum absolute atomic E-state index is 0.0885. The van der Waals surface area contributed by atoms with Gasteiger partial charge in [-0.25, -0.2) is 4.98 Å². The summed E-state index contributed by atoms with van der Waals surface area (Å²) >= 11 is 4.84. The summed E-state index contributed by atoms with van der Waals surface area (Å²) in [5.74, 6) is 0.410. The Morgan fingerprint density at radius 3 is 3.04 bits per heavy atom. The van der Waals surface area contributed by atoms with Crippen LogP contribution in [0.3, 0.4) is 0 Å². The van der Waals surface area contributed by atoms with Crippen LogP contribution in [-0.4, -0.2) is 23.2 Å². The van der Waals surface area contributed by atoms with Crippen LogP contribution in [0.1, 0.15) is 12.0 Å². The van der Waals surface area contributed by atoms with Crippen molar-refractivity contribution in [3.8, 4) is 0 Å². The molecule has 4 rings (SSSR count). The second-order valence-corrected chi connectivity index (χ2v) is 7.50. The highest BCUT2D eigenvalue weighted by Crippen LogP contribution is 2.31. The van der Waals surface area contributed by atoms with Crippen molar-refractivity contribution < 1.29 is 9.21 Å². The molecule has 3 aromatic rings. The topological polar surface area (TPSA) is 46.3 Å². The molecule has 1 aromatic heterocycles. The lowest BCUT2D eigenvalue weighted by Crippen LogP contribution is -2.36. The number of aryl methyl sites for hydroxylation is 1. The van der Waals surface area contributed by atoms with Crippen LogP contribution in [0.5, 0.6) is 0 Å². The highest BCUT2D eigenvalue weighted by molar-refractivity contribution is 9.10. The van der Waals surface area contributed by atoms with Crippen LogP contribution in [0, 0.1) is 0 Å². The molecule has 24 heavy (non-hydrogen) atoms. The molecule has 1 aliphatic rings. The number of thioether (sulfide) groups is 1. The molecule has 0 unspecified atom stereocenters. The first kappa shape index (κ1) is 15.7. The summed E-state index contributed by atoms with van der Waals surface area (Å²) in [5, 5.41) is 0.539. The van der Waals surface area contributed by atoms with Gasteiger partial charge in [0.2, 0.25) is 5.91 Å². The molecule has 0 N–H and O–H groups in total. The number of nitrogens with zero attached hydrogens (tertiary/aromatic N) is 2. The van der Waals surface area contributed by atoms with Gasteiger partial charge in [-0.05, 0) is 48.7 Å². The third kappa shape index (κ3) is 3.08. The fourth-order valence-corrected chi connectivity index (χ4v) is 4.06. The molecule has 2 heterocycles. The number of hydrogen-bond donors (Lipinski definition) is 0. The second-order valence-electron chi connectivity index (χ2n) is 5.66. The summed E-state index contributed by atoms with van der Waals surface area (Å²) in [7, 11) is 0. The predicted octanol–water partition coefficient (Wildman–Crippen LogP) is 4.66. The van der Waals surface area contributed by atoms with E-state index in [0.717, 1.165) is 40.6 Å². The van der Waals surface area contributed by atoms with Gasteiger partial charge in [-0.3, -0.25) is 4.79 Å². The van der Waals surface area contributed by atoms with Gasteiger partial charge in [0.15, 0.2) is 5.58 Å². The molecule has 1 aliphatic heterocycles. The van der Waals surface area contributed by atoms with Crippen LogP contribution in [0.2, 0.25) is 0 Å². The SMILES string of the molecule is O=C(CSc1nc2ccccc2o1)N1CCCc2cc(Br)ccc21. The average Bonchev–Trinajstić information content (AvgIpc) is 3.01. The zero-order chi connectivity index (χ0) is 16.5. The number of amides is 1.